The lowest BCUT2D eigenvalue weighted by atomic mass is 10.1. The fraction of sp³-hybridized carbons (Fsp3) is 0.667. The smallest absolute Gasteiger partial charge is 0.322 e. The summed E-state index contributed by atoms with van der Waals surface area (Å²) in [6.07, 6.45) is 4.66. The van der Waals surface area contributed by atoms with E-state index in [1.54, 1.807) is 17.5 Å². The van der Waals surface area contributed by atoms with E-state index >= 15 is 0 Å². The molecule has 0 aliphatic rings. The van der Waals surface area contributed by atoms with E-state index in [1.165, 1.54) is 7.11 Å². The molecule has 2 atom stereocenters. The summed E-state index contributed by atoms with van der Waals surface area (Å²) in [6.45, 7) is 4.12. The highest BCUT2D eigenvalue weighted by Gasteiger charge is 2.21. The summed E-state index contributed by atoms with van der Waals surface area (Å²) in [5, 5.41) is 6.21. The Balaban J connectivity index is 2.55. The van der Waals surface area contributed by atoms with Gasteiger partial charge in [-0.25, -0.2) is 4.98 Å². The van der Waals surface area contributed by atoms with Gasteiger partial charge in [-0.1, -0.05) is 19.8 Å². The van der Waals surface area contributed by atoms with E-state index in [-0.39, 0.29) is 18.1 Å². The van der Waals surface area contributed by atoms with Crippen LogP contribution in [0.4, 0.5) is 0 Å². The molecule has 0 radical (unpaired) electrons. The van der Waals surface area contributed by atoms with Crippen LogP contribution in [0.5, 0.6) is 0 Å². The minimum Gasteiger partial charge on any atom is -0.468 e. The number of ether oxygens (including phenoxy) is 1. The van der Waals surface area contributed by atoms with Crippen molar-refractivity contribution in [3.63, 3.8) is 0 Å². The first-order valence-corrected chi connectivity index (χ1v) is 6.80. The van der Waals surface area contributed by atoms with Crippen LogP contribution in [0, 0.1) is 0 Å². The van der Waals surface area contributed by atoms with Gasteiger partial charge in [0, 0.05) is 11.6 Å². The number of aromatic nitrogens is 1. The van der Waals surface area contributed by atoms with E-state index < -0.39 is 0 Å². The van der Waals surface area contributed by atoms with Crippen molar-refractivity contribution in [2.45, 2.75) is 45.2 Å². The number of hydrogen-bond donors (Lipinski definition) is 1. The second-order valence-electron chi connectivity index (χ2n) is 3.98. The molecule has 0 amide bonds. The van der Waals surface area contributed by atoms with Crippen molar-refractivity contribution in [1.29, 1.82) is 0 Å². The third-order valence-electron chi connectivity index (χ3n) is 2.61. The standard InChI is InChI=1S/C12H20N2O2S/c1-4-5-6-10(12(15)16-3)14-9(2)11-13-7-8-17-11/h7-10,14H,4-6H2,1-3H3. The van der Waals surface area contributed by atoms with Gasteiger partial charge in [0.15, 0.2) is 0 Å². The average Bonchev–Trinajstić information content (AvgIpc) is 2.87. The Bertz CT molecular complexity index is 327. The predicted molar refractivity (Wildman–Crippen MR) is 69.0 cm³/mol. The predicted octanol–water partition coefficient (Wildman–Crippen LogP) is 2.53. The highest BCUT2D eigenvalue weighted by atomic mass is 32.1. The maximum atomic E-state index is 11.6. The third-order valence-corrected chi connectivity index (χ3v) is 3.56. The molecule has 1 heterocycles. The van der Waals surface area contributed by atoms with Crippen molar-refractivity contribution in [2.24, 2.45) is 0 Å². The molecule has 0 bridgehead atoms. The summed E-state index contributed by atoms with van der Waals surface area (Å²) in [7, 11) is 1.43. The first-order chi connectivity index (χ1) is 8.19. The van der Waals surface area contributed by atoms with E-state index in [1.807, 2.05) is 12.3 Å². The van der Waals surface area contributed by atoms with Gasteiger partial charge < -0.3 is 4.74 Å². The molecule has 5 heteroatoms. The molecular weight excluding hydrogens is 236 g/mol. The van der Waals surface area contributed by atoms with Crippen molar-refractivity contribution in [1.82, 2.24) is 10.3 Å². The van der Waals surface area contributed by atoms with Gasteiger partial charge in [-0.3, -0.25) is 10.1 Å². The molecule has 0 aliphatic heterocycles. The first-order valence-electron chi connectivity index (χ1n) is 5.92. The summed E-state index contributed by atoms with van der Waals surface area (Å²) >= 11 is 1.59. The normalized spacial score (nSPS) is 14.3. The summed E-state index contributed by atoms with van der Waals surface area (Å²) in [5.74, 6) is -0.193. The number of methoxy groups -OCH3 is 1. The number of thiazole rings is 1. The molecule has 4 nitrogen and oxygen atoms in total. The highest BCUT2D eigenvalue weighted by Crippen LogP contribution is 2.16. The van der Waals surface area contributed by atoms with Crippen LogP contribution in [0.1, 0.15) is 44.2 Å². The Morgan fingerprint density at radius 1 is 1.65 bits per heavy atom. The largest absolute Gasteiger partial charge is 0.468 e. The Morgan fingerprint density at radius 3 is 2.94 bits per heavy atom. The van der Waals surface area contributed by atoms with Crippen LogP contribution in [0.15, 0.2) is 11.6 Å². The molecule has 2 unspecified atom stereocenters. The Hall–Kier alpha value is -0.940. The van der Waals surface area contributed by atoms with Gasteiger partial charge in [-0.2, -0.15) is 0 Å². The maximum Gasteiger partial charge on any atom is 0.322 e. The Labute approximate surface area is 106 Å². The Morgan fingerprint density at radius 2 is 2.41 bits per heavy atom. The van der Waals surface area contributed by atoms with Crippen molar-refractivity contribution < 1.29 is 9.53 Å². The van der Waals surface area contributed by atoms with E-state index in [9.17, 15) is 4.79 Å². The van der Waals surface area contributed by atoms with E-state index in [0.29, 0.717) is 0 Å². The summed E-state index contributed by atoms with van der Waals surface area (Å²) in [5.41, 5.74) is 0. The zero-order chi connectivity index (χ0) is 12.7. The number of carbonyl (C=O) groups excluding carboxylic acids is 1. The van der Waals surface area contributed by atoms with Crippen molar-refractivity contribution in [3.05, 3.63) is 16.6 Å². The first kappa shape index (κ1) is 14.1. The van der Waals surface area contributed by atoms with Gasteiger partial charge in [-0.05, 0) is 13.3 Å². The van der Waals surface area contributed by atoms with Crippen LogP contribution in [-0.2, 0) is 9.53 Å². The molecule has 1 aromatic heterocycles. The van der Waals surface area contributed by atoms with Gasteiger partial charge in [0.2, 0.25) is 0 Å². The molecular formula is C12H20N2O2S. The summed E-state index contributed by atoms with van der Waals surface area (Å²) in [4.78, 5) is 15.9. The summed E-state index contributed by atoms with van der Waals surface area (Å²) in [6, 6.07) is -0.158. The second-order valence-corrected chi connectivity index (χ2v) is 4.90. The van der Waals surface area contributed by atoms with Crippen LogP contribution in [0.2, 0.25) is 0 Å². The van der Waals surface area contributed by atoms with Gasteiger partial charge in [0.1, 0.15) is 11.0 Å². The number of nitrogens with zero attached hydrogens (tertiary/aromatic N) is 1. The molecule has 1 rings (SSSR count). The number of hydrogen-bond acceptors (Lipinski definition) is 5. The molecule has 0 aromatic carbocycles. The molecule has 0 saturated heterocycles. The topological polar surface area (TPSA) is 51.2 Å². The van der Waals surface area contributed by atoms with E-state index in [0.717, 1.165) is 24.3 Å². The molecule has 1 aromatic rings. The number of rotatable bonds is 7. The van der Waals surface area contributed by atoms with E-state index in [4.69, 9.17) is 4.74 Å². The van der Waals surface area contributed by atoms with Crippen LogP contribution in [0.3, 0.4) is 0 Å². The lowest BCUT2D eigenvalue weighted by Gasteiger charge is -2.19. The van der Waals surface area contributed by atoms with Gasteiger partial charge in [0.05, 0.1) is 13.2 Å². The maximum absolute atomic E-state index is 11.6. The highest BCUT2D eigenvalue weighted by molar-refractivity contribution is 7.09. The molecule has 1 N–H and O–H groups in total. The minimum atomic E-state index is -0.237. The second kappa shape index (κ2) is 7.40. The molecule has 96 valence electrons. The summed E-state index contributed by atoms with van der Waals surface area (Å²) < 4.78 is 4.81. The zero-order valence-corrected chi connectivity index (χ0v) is 11.4. The minimum absolute atomic E-state index is 0.0796. The molecule has 0 fully saturated rings. The SMILES string of the molecule is CCCCC(NC(C)c1nccs1)C(=O)OC. The lowest BCUT2D eigenvalue weighted by molar-refractivity contribution is -0.143. The number of esters is 1. The zero-order valence-electron chi connectivity index (χ0n) is 10.6. The number of carbonyl (C=O) groups is 1. The number of nitrogens with one attached hydrogen (secondary N) is 1. The lowest BCUT2D eigenvalue weighted by Crippen LogP contribution is -2.39. The molecule has 0 spiro atoms. The van der Waals surface area contributed by atoms with Crippen LogP contribution < -0.4 is 5.32 Å². The van der Waals surface area contributed by atoms with Crippen molar-refractivity contribution in [3.8, 4) is 0 Å². The fourth-order valence-electron chi connectivity index (χ4n) is 1.64. The van der Waals surface area contributed by atoms with Gasteiger partial charge >= 0.3 is 5.97 Å². The molecule has 0 aliphatic carbocycles. The van der Waals surface area contributed by atoms with Gasteiger partial charge in [-0.15, -0.1) is 11.3 Å². The molecule has 0 saturated carbocycles. The Kier molecular flexibility index (Phi) is 6.15. The fourth-order valence-corrected chi connectivity index (χ4v) is 2.30. The van der Waals surface area contributed by atoms with Crippen molar-refractivity contribution in [2.75, 3.05) is 7.11 Å². The van der Waals surface area contributed by atoms with Gasteiger partial charge in [0.25, 0.3) is 0 Å². The van der Waals surface area contributed by atoms with E-state index in [2.05, 4.69) is 17.2 Å². The van der Waals surface area contributed by atoms with Crippen LogP contribution >= 0.6 is 11.3 Å². The van der Waals surface area contributed by atoms with Crippen LogP contribution in [0.25, 0.3) is 0 Å². The van der Waals surface area contributed by atoms with Crippen molar-refractivity contribution >= 4 is 17.3 Å². The molecule has 17 heavy (non-hydrogen) atoms. The quantitative estimate of drug-likeness (QED) is 0.762. The van der Waals surface area contributed by atoms with Crippen LogP contribution in [-0.4, -0.2) is 24.1 Å². The number of unbranched alkanes of at least 4 members (excludes halogenated alkanes) is 1. The third kappa shape index (κ3) is 4.44. The average molecular weight is 256 g/mol. The monoisotopic (exact) mass is 256 g/mol.